The Bertz CT molecular complexity index is 952. The number of benzene rings is 3. The summed E-state index contributed by atoms with van der Waals surface area (Å²) in [7, 11) is 0.528. The van der Waals surface area contributed by atoms with E-state index in [1.807, 2.05) is 80.8 Å². The molecule has 27 heavy (non-hydrogen) atoms. The fraction of sp³-hybridized carbons (Fsp3) is 0.0870. The molecule has 0 atom stereocenters. The fourth-order valence-corrected chi connectivity index (χ4v) is 5.82. The summed E-state index contributed by atoms with van der Waals surface area (Å²) in [5, 5.41) is 2.00. The molecule has 0 aliphatic carbocycles. The topological polar surface area (TPSA) is 37.4 Å². The van der Waals surface area contributed by atoms with Crippen molar-refractivity contribution in [3.8, 4) is 0 Å². The van der Waals surface area contributed by atoms with Crippen LogP contribution in [0.5, 0.6) is 0 Å². The van der Waals surface area contributed by atoms with E-state index >= 15 is 0 Å². The van der Waals surface area contributed by atoms with Gasteiger partial charge in [-0.1, -0.05) is 84.9 Å². The van der Waals surface area contributed by atoms with Gasteiger partial charge in [0.1, 0.15) is 0 Å². The first-order chi connectivity index (χ1) is 13.0. The second kappa shape index (κ2) is 8.20. The maximum absolute atomic E-state index is 14.5. The minimum Gasteiger partial charge on any atom is -0.383 e. The summed E-state index contributed by atoms with van der Waals surface area (Å²) in [4.78, 5) is 14.6. The van der Waals surface area contributed by atoms with Gasteiger partial charge in [-0.05, 0) is 0 Å². The summed E-state index contributed by atoms with van der Waals surface area (Å²) in [5.74, 6) is -0.161. The number of hydrogen-bond acceptors (Lipinski definition) is 3. The van der Waals surface area contributed by atoms with Crippen molar-refractivity contribution in [3.63, 3.8) is 0 Å². The molecule has 0 aliphatic rings. The van der Waals surface area contributed by atoms with Crippen LogP contribution in [-0.2, 0) is 4.57 Å². The lowest BCUT2D eigenvalue weighted by atomic mass is 10.1. The van der Waals surface area contributed by atoms with E-state index in [2.05, 4.69) is 0 Å². The van der Waals surface area contributed by atoms with Gasteiger partial charge in [-0.15, -0.1) is 0 Å². The highest BCUT2D eigenvalue weighted by Crippen LogP contribution is 2.43. The molecule has 0 fully saturated rings. The molecule has 136 valence electrons. The second-order valence-electron chi connectivity index (χ2n) is 6.44. The zero-order valence-corrected chi connectivity index (χ0v) is 16.3. The van der Waals surface area contributed by atoms with E-state index in [9.17, 15) is 9.36 Å². The average molecular weight is 375 g/mol. The number of hydrogen-bond donors (Lipinski definition) is 0. The number of carbonyl (C=O) groups is 1. The Morgan fingerprint density at radius 2 is 1.26 bits per heavy atom. The van der Waals surface area contributed by atoms with Gasteiger partial charge in [0.05, 0.1) is 0 Å². The van der Waals surface area contributed by atoms with Gasteiger partial charge in [-0.3, -0.25) is 4.79 Å². The third kappa shape index (κ3) is 3.94. The molecule has 0 saturated heterocycles. The van der Waals surface area contributed by atoms with E-state index in [-0.39, 0.29) is 5.78 Å². The molecular weight excluding hydrogens is 353 g/mol. The molecule has 3 nitrogen and oxygen atoms in total. The molecule has 3 rings (SSSR count). The molecule has 0 saturated carbocycles. The van der Waals surface area contributed by atoms with Crippen molar-refractivity contribution >= 4 is 28.8 Å². The van der Waals surface area contributed by atoms with Gasteiger partial charge in [0.25, 0.3) is 0 Å². The lowest BCUT2D eigenvalue weighted by molar-refractivity contribution is 0.104. The summed E-state index contributed by atoms with van der Waals surface area (Å²) in [6.07, 6.45) is 3.22. The number of nitrogens with zero attached hydrogens (tertiary/aromatic N) is 1. The monoisotopic (exact) mass is 375 g/mol. The van der Waals surface area contributed by atoms with Gasteiger partial charge in [0.2, 0.25) is 0 Å². The average Bonchev–Trinajstić information content (AvgIpc) is 2.72. The molecule has 0 heterocycles. The van der Waals surface area contributed by atoms with Gasteiger partial charge in [-0.2, -0.15) is 0 Å². The molecular formula is C23H22NO2P. The van der Waals surface area contributed by atoms with Crippen LogP contribution in [0, 0.1) is 0 Å². The van der Waals surface area contributed by atoms with Crippen molar-refractivity contribution in [1.82, 2.24) is 4.90 Å². The summed E-state index contributed by atoms with van der Waals surface area (Å²) in [6.45, 7) is 0. The molecule has 3 aromatic rings. The first-order valence-electron chi connectivity index (χ1n) is 8.73. The minimum atomic E-state index is -3.18. The number of carbonyl (C=O) groups excluding carboxylic acids is 1. The SMILES string of the molecule is CN(C)/C=C/C(=O)c1ccccc1P(=O)(c1ccccc1)c1ccccc1. The van der Waals surface area contributed by atoms with Crippen molar-refractivity contribution in [2.45, 2.75) is 0 Å². The lowest BCUT2D eigenvalue weighted by Crippen LogP contribution is -2.28. The van der Waals surface area contributed by atoms with Crippen molar-refractivity contribution in [2.75, 3.05) is 14.1 Å². The lowest BCUT2D eigenvalue weighted by Gasteiger charge is -2.22. The zero-order valence-electron chi connectivity index (χ0n) is 15.4. The highest BCUT2D eigenvalue weighted by Gasteiger charge is 2.32. The molecule has 4 heteroatoms. The van der Waals surface area contributed by atoms with Crippen molar-refractivity contribution < 1.29 is 9.36 Å². The highest BCUT2D eigenvalue weighted by molar-refractivity contribution is 7.85. The maximum Gasteiger partial charge on any atom is 0.188 e. The molecule has 3 aromatic carbocycles. The Morgan fingerprint density at radius 1 is 0.778 bits per heavy atom. The number of allylic oxidation sites excluding steroid dienone is 1. The van der Waals surface area contributed by atoms with E-state index in [4.69, 9.17) is 0 Å². The zero-order chi connectivity index (χ0) is 19.3. The van der Waals surface area contributed by atoms with Crippen LogP contribution in [0.15, 0.2) is 97.2 Å². The first kappa shape index (κ1) is 18.9. The number of ketones is 1. The Morgan fingerprint density at radius 3 is 1.78 bits per heavy atom. The smallest absolute Gasteiger partial charge is 0.188 e. The Labute approximate surface area is 160 Å². The molecule has 0 aliphatic heterocycles. The third-order valence-corrected chi connectivity index (χ3v) is 7.39. The van der Waals surface area contributed by atoms with E-state index < -0.39 is 7.14 Å². The van der Waals surface area contributed by atoms with Gasteiger partial charge in [-0.25, -0.2) is 0 Å². The normalized spacial score (nSPS) is 11.5. The second-order valence-corrected chi connectivity index (χ2v) is 9.17. The molecule has 0 bridgehead atoms. The Kier molecular flexibility index (Phi) is 5.73. The quantitative estimate of drug-likeness (QED) is 0.375. The largest absolute Gasteiger partial charge is 0.383 e. The summed E-state index contributed by atoms with van der Waals surface area (Å²) in [5.41, 5.74) is 0.464. The van der Waals surface area contributed by atoms with E-state index in [1.54, 1.807) is 29.3 Å². The molecule has 0 aromatic heterocycles. The van der Waals surface area contributed by atoms with Crippen molar-refractivity contribution in [2.24, 2.45) is 0 Å². The maximum atomic E-state index is 14.5. The minimum absolute atomic E-state index is 0.161. The van der Waals surface area contributed by atoms with Crippen LogP contribution < -0.4 is 15.9 Å². The van der Waals surface area contributed by atoms with Crippen LogP contribution in [0.3, 0.4) is 0 Å². The Hall–Kier alpha value is -2.90. The molecule has 0 N–H and O–H groups in total. The van der Waals surface area contributed by atoms with Gasteiger partial charge < -0.3 is 9.46 Å². The molecule has 0 radical (unpaired) electrons. The summed E-state index contributed by atoms with van der Waals surface area (Å²) >= 11 is 0. The van der Waals surface area contributed by atoms with Crippen LogP contribution in [-0.4, -0.2) is 24.8 Å². The van der Waals surface area contributed by atoms with Gasteiger partial charge in [0.15, 0.2) is 12.9 Å². The van der Waals surface area contributed by atoms with Crippen LogP contribution >= 0.6 is 7.14 Å². The van der Waals surface area contributed by atoms with Gasteiger partial charge >= 0.3 is 0 Å². The van der Waals surface area contributed by atoms with Crippen LogP contribution in [0.1, 0.15) is 10.4 Å². The highest BCUT2D eigenvalue weighted by atomic mass is 31.2. The predicted octanol–water partition coefficient (Wildman–Crippen LogP) is 3.58. The molecule has 0 spiro atoms. The van der Waals surface area contributed by atoms with E-state index in [0.29, 0.717) is 21.5 Å². The van der Waals surface area contributed by atoms with Gasteiger partial charge in [0, 0.05) is 47.8 Å². The van der Waals surface area contributed by atoms with Crippen molar-refractivity contribution in [3.05, 3.63) is 103 Å². The standard InChI is InChI=1S/C23H22NO2P/c1-24(2)18-17-22(25)21-15-9-10-16-23(21)27(26,19-11-5-3-6-12-19)20-13-7-4-8-14-20/h3-18H,1-2H3/b18-17+. The van der Waals surface area contributed by atoms with Crippen LogP contribution in [0.2, 0.25) is 0 Å². The number of rotatable bonds is 6. The Balaban J connectivity index is 2.24. The molecule has 0 amide bonds. The van der Waals surface area contributed by atoms with E-state index in [0.717, 1.165) is 0 Å². The summed E-state index contributed by atoms with van der Waals surface area (Å²) < 4.78 is 14.5. The first-order valence-corrected chi connectivity index (χ1v) is 10.4. The molecule has 0 unspecified atom stereocenters. The fourth-order valence-electron chi connectivity index (χ4n) is 2.97. The van der Waals surface area contributed by atoms with E-state index in [1.165, 1.54) is 6.08 Å². The summed E-state index contributed by atoms with van der Waals surface area (Å²) in [6, 6.07) is 26.0. The van der Waals surface area contributed by atoms with Crippen molar-refractivity contribution in [1.29, 1.82) is 0 Å². The van der Waals surface area contributed by atoms with Crippen LogP contribution in [0.4, 0.5) is 0 Å². The van der Waals surface area contributed by atoms with Crippen LogP contribution in [0.25, 0.3) is 0 Å². The third-order valence-electron chi connectivity index (χ3n) is 4.27. The predicted molar refractivity (Wildman–Crippen MR) is 113 cm³/mol.